The summed E-state index contributed by atoms with van der Waals surface area (Å²) < 4.78 is 24.1. The van der Waals surface area contributed by atoms with E-state index in [1.165, 1.54) is 29.5 Å². The Kier molecular flexibility index (Phi) is 5.91. The highest BCUT2D eigenvalue weighted by Crippen LogP contribution is 2.33. The summed E-state index contributed by atoms with van der Waals surface area (Å²) in [6.45, 7) is 0. The summed E-state index contributed by atoms with van der Waals surface area (Å²) in [6.07, 6.45) is 2.84. The molecule has 5 nitrogen and oxygen atoms in total. The lowest BCUT2D eigenvalue weighted by molar-refractivity contribution is 0.102. The van der Waals surface area contributed by atoms with Crippen LogP contribution in [0.15, 0.2) is 83.2 Å². The third-order valence-electron chi connectivity index (χ3n) is 4.64. The lowest BCUT2D eigenvalue weighted by atomic mass is 9.99. The Morgan fingerprint density at radius 3 is 2.45 bits per heavy atom. The van der Waals surface area contributed by atoms with E-state index < -0.39 is 9.84 Å². The lowest BCUT2D eigenvalue weighted by Gasteiger charge is -2.13. The van der Waals surface area contributed by atoms with Crippen molar-refractivity contribution in [3.63, 3.8) is 0 Å². The first-order valence-corrected chi connectivity index (χ1v) is 12.4. The van der Waals surface area contributed by atoms with E-state index in [4.69, 9.17) is 11.6 Å². The molecule has 156 valence electrons. The molecule has 3 aromatic carbocycles. The first kappa shape index (κ1) is 21.2. The van der Waals surface area contributed by atoms with Crippen molar-refractivity contribution in [3.8, 4) is 21.7 Å². The number of amides is 1. The summed E-state index contributed by atoms with van der Waals surface area (Å²) >= 11 is 7.76. The van der Waals surface area contributed by atoms with Gasteiger partial charge < -0.3 is 5.32 Å². The minimum absolute atomic E-state index is 0.153. The van der Waals surface area contributed by atoms with Gasteiger partial charge in [0.2, 0.25) is 0 Å². The van der Waals surface area contributed by atoms with Gasteiger partial charge in [-0.15, -0.1) is 11.3 Å². The van der Waals surface area contributed by atoms with Crippen LogP contribution in [0.1, 0.15) is 10.4 Å². The van der Waals surface area contributed by atoms with Gasteiger partial charge in [-0.05, 0) is 47.5 Å². The van der Waals surface area contributed by atoms with Gasteiger partial charge in [0.05, 0.1) is 9.92 Å². The van der Waals surface area contributed by atoms with Crippen molar-refractivity contribution in [2.75, 3.05) is 11.6 Å². The van der Waals surface area contributed by atoms with Crippen LogP contribution in [0.5, 0.6) is 0 Å². The van der Waals surface area contributed by atoms with E-state index >= 15 is 0 Å². The first-order chi connectivity index (χ1) is 14.8. The van der Waals surface area contributed by atoms with Gasteiger partial charge in [-0.2, -0.15) is 0 Å². The van der Waals surface area contributed by atoms with Gasteiger partial charge in [0.15, 0.2) is 9.84 Å². The van der Waals surface area contributed by atoms with Crippen LogP contribution in [0.3, 0.4) is 0 Å². The quantitative estimate of drug-likeness (QED) is 0.402. The van der Waals surface area contributed by atoms with E-state index in [0.29, 0.717) is 21.8 Å². The number of anilines is 1. The zero-order valence-electron chi connectivity index (χ0n) is 16.4. The summed E-state index contributed by atoms with van der Waals surface area (Å²) in [5, 5.41) is 6.03. The number of carbonyl (C=O) groups is 1. The van der Waals surface area contributed by atoms with Crippen LogP contribution in [0, 0.1) is 0 Å². The fourth-order valence-electron chi connectivity index (χ4n) is 3.13. The molecule has 0 aliphatic rings. The molecule has 0 radical (unpaired) electrons. The van der Waals surface area contributed by atoms with E-state index in [2.05, 4.69) is 10.3 Å². The number of benzene rings is 3. The van der Waals surface area contributed by atoms with Gasteiger partial charge in [0.1, 0.15) is 5.01 Å². The SMILES string of the molecule is CS(=O)(=O)c1ccc(C(=O)Nc2ccc(Cl)c(-c3nccs3)c2)c(-c2ccccc2)c1. The maximum atomic E-state index is 13.1. The van der Waals surface area contributed by atoms with Gasteiger partial charge in [-0.25, -0.2) is 13.4 Å². The standard InChI is InChI=1S/C23H17ClN2O3S2/c1-31(28,29)17-8-9-18(19(14-17)15-5-3-2-4-6-15)22(27)26-16-7-10-21(24)20(13-16)23-25-11-12-30-23/h2-14H,1H3,(H,26,27). The van der Waals surface area contributed by atoms with Crippen LogP contribution >= 0.6 is 22.9 Å². The molecule has 0 saturated carbocycles. The molecule has 0 aliphatic carbocycles. The van der Waals surface area contributed by atoms with Gasteiger partial charge in [-0.1, -0.05) is 41.9 Å². The number of thiazole rings is 1. The third-order valence-corrected chi connectivity index (χ3v) is 6.88. The number of hydrogen-bond donors (Lipinski definition) is 1. The molecule has 1 N–H and O–H groups in total. The highest BCUT2D eigenvalue weighted by molar-refractivity contribution is 7.90. The molecule has 1 heterocycles. The zero-order chi connectivity index (χ0) is 22.0. The normalized spacial score (nSPS) is 11.3. The number of sulfone groups is 1. The number of rotatable bonds is 5. The number of halogens is 1. The molecular formula is C23H17ClN2O3S2. The molecule has 0 atom stereocenters. The van der Waals surface area contributed by atoms with Crippen LogP contribution in [-0.2, 0) is 9.84 Å². The molecule has 0 fully saturated rings. The second-order valence-corrected chi connectivity index (χ2v) is 10.1. The van der Waals surface area contributed by atoms with Crippen molar-refractivity contribution >= 4 is 44.4 Å². The molecule has 0 saturated heterocycles. The monoisotopic (exact) mass is 468 g/mol. The number of hydrogen-bond acceptors (Lipinski definition) is 5. The largest absolute Gasteiger partial charge is 0.322 e. The number of nitrogens with one attached hydrogen (secondary N) is 1. The van der Waals surface area contributed by atoms with Gasteiger partial charge in [-0.3, -0.25) is 4.79 Å². The zero-order valence-corrected chi connectivity index (χ0v) is 18.8. The molecule has 0 bridgehead atoms. The van der Waals surface area contributed by atoms with Crippen LogP contribution in [0.25, 0.3) is 21.7 Å². The van der Waals surface area contributed by atoms with E-state index in [-0.39, 0.29) is 10.8 Å². The van der Waals surface area contributed by atoms with Crippen LogP contribution in [-0.4, -0.2) is 25.6 Å². The van der Waals surface area contributed by atoms with Gasteiger partial charge >= 0.3 is 0 Å². The van der Waals surface area contributed by atoms with Crippen molar-refractivity contribution in [3.05, 3.63) is 88.9 Å². The van der Waals surface area contributed by atoms with Gasteiger partial charge in [0, 0.05) is 34.6 Å². The fourth-order valence-corrected chi connectivity index (χ4v) is 4.71. The van der Waals surface area contributed by atoms with Gasteiger partial charge in [0.25, 0.3) is 5.91 Å². The molecule has 0 unspecified atom stereocenters. The second kappa shape index (κ2) is 8.63. The molecule has 0 spiro atoms. The van der Waals surface area contributed by atoms with Crippen LogP contribution < -0.4 is 5.32 Å². The molecule has 4 rings (SSSR count). The van der Waals surface area contributed by atoms with Crippen molar-refractivity contribution in [1.82, 2.24) is 4.98 Å². The second-order valence-electron chi connectivity index (χ2n) is 6.83. The molecule has 0 aliphatic heterocycles. The highest BCUT2D eigenvalue weighted by atomic mass is 35.5. The van der Waals surface area contributed by atoms with E-state index in [1.807, 2.05) is 35.7 Å². The molecule has 4 aromatic rings. The van der Waals surface area contributed by atoms with Crippen LogP contribution in [0.4, 0.5) is 5.69 Å². The predicted octanol–water partition coefficient (Wildman–Crippen LogP) is 5.79. The summed E-state index contributed by atoms with van der Waals surface area (Å²) in [4.78, 5) is 17.6. The van der Waals surface area contributed by atoms with Crippen LogP contribution in [0.2, 0.25) is 5.02 Å². The Morgan fingerprint density at radius 2 is 1.77 bits per heavy atom. The smallest absolute Gasteiger partial charge is 0.256 e. The summed E-state index contributed by atoms with van der Waals surface area (Å²) in [6, 6.07) is 18.9. The summed E-state index contributed by atoms with van der Waals surface area (Å²) in [5.74, 6) is -0.355. The Balaban J connectivity index is 1.73. The highest BCUT2D eigenvalue weighted by Gasteiger charge is 2.18. The van der Waals surface area contributed by atoms with Crippen molar-refractivity contribution in [1.29, 1.82) is 0 Å². The average Bonchev–Trinajstić information content (AvgIpc) is 3.29. The lowest BCUT2D eigenvalue weighted by Crippen LogP contribution is -2.14. The number of nitrogens with zero attached hydrogens (tertiary/aromatic N) is 1. The maximum Gasteiger partial charge on any atom is 0.256 e. The summed E-state index contributed by atoms with van der Waals surface area (Å²) in [5.41, 5.74) is 2.94. The van der Waals surface area contributed by atoms with E-state index in [1.54, 1.807) is 24.4 Å². The topological polar surface area (TPSA) is 76.1 Å². The minimum atomic E-state index is -3.42. The summed E-state index contributed by atoms with van der Waals surface area (Å²) in [7, 11) is -3.42. The Hall–Kier alpha value is -3.00. The molecule has 1 aromatic heterocycles. The molecule has 1 amide bonds. The van der Waals surface area contributed by atoms with Crippen molar-refractivity contribution in [2.24, 2.45) is 0 Å². The molecule has 31 heavy (non-hydrogen) atoms. The van der Waals surface area contributed by atoms with E-state index in [9.17, 15) is 13.2 Å². The maximum absolute atomic E-state index is 13.1. The Labute approximate surface area is 189 Å². The van der Waals surface area contributed by atoms with Crippen molar-refractivity contribution in [2.45, 2.75) is 4.90 Å². The number of carbonyl (C=O) groups excluding carboxylic acids is 1. The first-order valence-electron chi connectivity index (χ1n) is 9.23. The fraction of sp³-hybridized carbons (Fsp3) is 0.0435. The predicted molar refractivity (Wildman–Crippen MR) is 126 cm³/mol. The molecule has 8 heteroatoms. The molecular weight excluding hydrogens is 452 g/mol. The minimum Gasteiger partial charge on any atom is -0.322 e. The number of aromatic nitrogens is 1. The Bertz CT molecular complexity index is 1350. The third kappa shape index (κ3) is 4.69. The average molecular weight is 469 g/mol. The van der Waals surface area contributed by atoms with Crippen molar-refractivity contribution < 1.29 is 13.2 Å². The Morgan fingerprint density at radius 1 is 1.00 bits per heavy atom. The van der Waals surface area contributed by atoms with E-state index in [0.717, 1.165) is 22.4 Å².